The Balaban J connectivity index is 2.10. The van der Waals surface area contributed by atoms with Gasteiger partial charge in [-0.05, 0) is 30.5 Å². The summed E-state index contributed by atoms with van der Waals surface area (Å²) >= 11 is 0.755. The Bertz CT molecular complexity index is 892. The van der Waals surface area contributed by atoms with Crippen LogP contribution in [0.4, 0.5) is 14.5 Å². The molecule has 3 rings (SSSR count). The van der Waals surface area contributed by atoms with Crippen LogP contribution in [0.1, 0.15) is 22.3 Å². The van der Waals surface area contributed by atoms with Crippen LogP contribution in [0.25, 0.3) is 0 Å². The van der Waals surface area contributed by atoms with Gasteiger partial charge in [-0.3, -0.25) is 4.31 Å². The van der Waals surface area contributed by atoms with Crippen molar-refractivity contribution in [1.29, 1.82) is 0 Å². The van der Waals surface area contributed by atoms with E-state index in [1.807, 2.05) is 0 Å². The molecule has 1 aromatic heterocycles. The van der Waals surface area contributed by atoms with Gasteiger partial charge in [0.15, 0.2) is 5.82 Å². The third kappa shape index (κ3) is 2.70. The fraction of sp³-hybridized carbons (Fsp3) is 0.214. The predicted molar refractivity (Wildman–Crippen MR) is 80.5 cm³/mol. The molecule has 0 atom stereocenters. The van der Waals surface area contributed by atoms with Gasteiger partial charge in [0, 0.05) is 18.0 Å². The number of carbonyl (C=O) groups is 1. The zero-order valence-corrected chi connectivity index (χ0v) is 13.3. The smallest absolute Gasteiger partial charge is 0.336 e. The van der Waals surface area contributed by atoms with Crippen molar-refractivity contribution < 1.29 is 27.1 Å². The van der Waals surface area contributed by atoms with Gasteiger partial charge >= 0.3 is 5.97 Å². The molecule has 2 aromatic rings. The number of aryl methyl sites for hydroxylation is 1. The lowest BCUT2D eigenvalue weighted by Crippen LogP contribution is -2.36. The topological polar surface area (TPSA) is 74.7 Å². The maximum absolute atomic E-state index is 14.1. The molecule has 5 nitrogen and oxygen atoms in total. The number of carboxylic acid groups (broad SMARTS) is 1. The zero-order chi connectivity index (χ0) is 16.8. The Kier molecular flexibility index (Phi) is 3.85. The third-order valence-corrected chi connectivity index (χ3v) is 6.74. The first-order chi connectivity index (χ1) is 10.8. The summed E-state index contributed by atoms with van der Waals surface area (Å²) in [6.45, 7) is 0.0538. The van der Waals surface area contributed by atoms with Crippen molar-refractivity contribution >= 4 is 33.0 Å². The number of benzene rings is 1. The molecule has 9 heteroatoms. The molecule has 23 heavy (non-hydrogen) atoms. The van der Waals surface area contributed by atoms with E-state index in [1.165, 1.54) is 5.38 Å². The lowest BCUT2D eigenvalue weighted by molar-refractivity contribution is 0.0697. The number of fused-ring (bicyclic) bond motifs is 1. The van der Waals surface area contributed by atoms with Gasteiger partial charge in [0.25, 0.3) is 10.0 Å². The highest BCUT2D eigenvalue weighted by Crippen LogP contribution is 2.36. The summed E-state index contributed by atoms with van der Waals surface area (Å²) in [4.78, 5) is 10.9. The van der Waals surface area contributed by atoms with Crippen LogP contribution in [0.3, 0.4) is 0 Å². The first-order valence-corrected chi connectivity index (χ1v) is 8.95. The summed E-state index contributed by atoms with van der Waals surface area (Å²) in [7, 11) is -4.10. The zero-order valence-electron chi connectivity index (χ0n) is 11.6. The quantitative estimate of drug-likeness (QED) is 0.914. The molecule has 0 amide bonds. The van der Waals surface area contributed by atoms with E-state index < -0.39 is 27.6 Å². The van der Waals surface area contributed by atoms with Crippen LogP contribution < -0.4 is 4.31 Å². The molecule has 0 fully saturated rings. The molecular weight excluding hydrogens is 348 g/mol. The predicted octanol–water partition coefficient (Wildman–Crippen LogP) is 2.87. The van der Waals surface area contributed by atoms with E-state index in [4.69, 9.17) is 5.11 Å². The van der Waals surface area contributed by atoms with E-state index >= 15 is 0 Å². The lowest BCUT2D eigenvalue weighted by Gasteiger charge is -2.30. The van der Waals surface area contributed by atoms with Crippen LogP contribution in [0.2, 0.25) is 0 Å². The minimum absolute atomic E-state index is 0.0538. The second-order valence-corrected chi connectivity index (χ2v) is 8.04. The summed E-state index contributed by atoms with van der Waals surface area (Å²) in [5, 5.41) is 10.1. The number of carboxylic acids is 1. The molecule has 0 saturated heterocycles. The summed E-state index contributed by atoms with van der Waals surface area (Å²) in [5.74, 6) is -2.95. The van der Waals surface area contributed by atoms with E-state index in [0.29, 0.717) is 18.9 Å². The Morgan fingerprint density at radius 1 is 1.26 bits per heavy atom. The van der Waals surface area contributed by atoms with Crippen LogP contribution in [-0.2, 0) is 16.4 Å². The molecule has 0 saturated carbocycles. The van der Waals surface area contributed by atoms with Crippen molar-refractivity contribution in [1.82, 2.24) is 0 Å². The van der Waals surface area contributed by atoms with E-state index in [9.17, 15) is 22.0 Å². The summed E-state index contributed by atoms with van der Waals surface area (Å²) in [5.41, 5.74) is -0.0272. The first kappa shape index (κ1) is 15.9. The highest BCUT2D eigenvalue weighted by Gasteiger charge is 2.33. The molecule has 1 aromatic carbocycles. The van der Waals surface area contributed by atoms with Crippen molar-refractivity contribution in [2.45, 2.75) is 17.1 Å². The van der Waals surface area contributed by atoms with Crippen LogP contribution in [0.15, 0.2) is 27.8 Å². The van der Waals surface area contributed by atoms with E-state index in [2.05, 4.69) is 0 Å². The van der Waals surface area contributed by atoms with Gasteiger partial charge in [0.1, 0.15) is 10.0 Å². The van der Waals surface area contributed by atoms with Gasteiger partial charge in [-0.25, -0.2) is 22.0 Å². The maximum atomic E-state index is 14.1. The fourth-order valence-electron chi connectivity index (χ4n) is 2.53. The van der Waals surface area contributed by atoms with Gasteiger partial charge in [-0.1, -0.05) is 0 Å². The number of thiophene rings is 1. The van der Waals surface area contributed by atoms with Crippen molar-refractivity contribution in [2.24, 2.45) is 0 Å². The molecule has 0 unspecified atom stereocenters. The summed E-state index contributed by atoms with van der Waals surface area (Å²) < 4.78 is 53.6. The van der Waals surface area contributed by atoms with Gasteiger partial charge in [-0.15, -0.1) is 11.3 Å². The number of rotatable bonds is 3. The maximum Gasteiger partial charge on any atom is 0.336 e. The SMILES string of the molecule is O=C(O)c1csc(S(=O)(=O)N2CCCc3cc(F)cc(F)c32)c1. The highest BCUT2D eigenvalue weighted by molar-refractivity contribution is 7.94. The largest absolute Gasteiger partial charge is 0.478 e. The molecule has 1 aliphatic rings. The number of hydrogen-bond acceptors (Lipinski definition) is 4. The standard InChI is InChI=1S/C14H11F2NO4S2/c15-10-4-8-2-1-3-17(13(8)11(16)6-10)23(20,21)12-5-9(7-22-12)14(18)19/h4-7H,1-3H2,(H,18,19). The molecule has 0 spiro atoms. The minimum Gasteiger partial charge on any atom is -0.478 e. The Morgan fingerprint density at radius 2 is 2.00 bits per heavy atom. The van der Waals surface area contributed by atoms with Crippen molar-refractivity contribution in [2.75, 3.05) is 10.8 Å². The minimum atomic E-state index is -4.10. The average Bonchev–Trinajstić information content (AvgIpc) is 2.97. The molecule has 2 heterocycles. The summed E-state index contributed by atoms with van der Waals surface area (Å²) in [6.07, 6.45) is 0.799. The fourth-order valence-corrected chi connectivity index (χ4v) is 5.34. The molecule has 0 aliphatic carbocycles. The van der Waals surface area contributed by atoms with Gasteiger partial charge < -0.3 is 5.11 Å². The Labute approximate surface area is 134 Å². The Hall–Kier alpha value is -2.00. The molecule has 122 valence electrons. The van der Waals surface area contributed by atoms with Gasteiger partial charge in [0.05, 0.1) is 11.3 Å². The molecule has 1 N–H and O–H groups in total. The van der Waals surface area contributed by atoms with Crippen LogP contribution >= 0.6 is 11.3 Å². The Morgan fingerprint density at radius 3 is 2.65 bits per heavy atom. The average molecular weight is 359 g/mol. The van der Waals surface area contributed by atoms with Crippen molar-refractivity contribution in [3.63, 3.8) is 0 Å². The monoisotopic (exact) mass is 359 g/mol. The molecule has 0 radical (unpaired) electrons. The number of hydrogen-bond donors (Lipinski definition) is 1. The van der Waals surface area contributed by atoms with E-state index in [1.54, 1.807) is 0 Å². The lowest BCUT2D eigenvalue weighted by atomic mass is 10.0. The van der Waals surface area contributed by atoms with Gasteiger partial charge in [-0.2, -0.15) is 0 Å². The van der Waals surface area contributed by atoms with Crippen molar-refractivity contribution in [3.05, 3.63) is 46.3 Å². The summed E-state index contributed by atoms with van der Waals surface area (Å²) in [6, 6.07) is 2.80. The normalized spacial score (nSPS) is 14.6. The first-order valence-electron chi connectivity index (χ1n) is 6.63. The number of halogens is 2. The van der Waals surface area contributed by atoms with E-state index in [-0.39, 0.29) is 27.6 Å². The molecule has 1 aliphatic heterocycles. The van der Waals surface area contributed by atoms with Crippen LogP contribution in [0.5, 0.6) is 0 Å². The number of aromatic carboxylic acids is 1. The number of anilines is 1. The van der Waals surface area contributed by atoms with Crippen LogP contribution in [0, 0.1) is 11.6 Å². The molecular formula is C14H11F2NO4S2. The second kappa shape index (κ2) is 5.57. The van der Waals surface area contributed by atoms with Crippen molar-refractivity contribution in [3.8, 4) is 0 Å². The van der Waals surface area contributed by atoms with Crippen LogP contribution in [-0.4, -0.2) is 26.0 Å². The third-order valence-electron chi connectivity index (χ3n) is 3.53. The van der Waals surface area contributed by atoms with E-state index in [0.717, 1.165) is 27.8 Å². The number of nitrogens with zero attached hydrogens (tertiary/aromatic N) is 1. The highest BCUT2D eigenvalue weighted by atomic mass is 32.2. The molecule has 0 bridgehead atoms. The second-order valence-electron chi connectivity index (χ2n) is 5.04. The van der Waals surface area contributed by atoms with Gasteiger partial charge in [0.2, 0.25) is 0 Å². The number of sulfonamides is 1.